The van der Waals surface area contributed by atoms with Crippen LogP contribution in [-0.2, 0) is 6.54 Å². The van der Waals surface area contributed by atoms with E-state index in [1.807, 2.05) is 12.1 Å². The minimum absolute atomic E-state index is 0.125. The van der Waals surface area contributed by atoms with Crippen molar-refractivity contribution in [3.63, 3.8) is 0 Å². The molecule has 0 bridgehead atoms. The van der Waals surface area contributed by atoms with Crippen LogP contribution in [0, 0.1) is 23.1 Å². The Kier molecular flexibility index (Phi) is 6.93. The summed E-state index contributed by atoms with van der Waals surface area (Å²) < 4.78 is 29.1. The van der Waals surface area contributed by atoms with Crippen LogP contribution < -0.4 is 0 Å². The van der Waals surface area contributed by atoms with Crippen LogP contribution in [0.3, 0.4) is 0 Å². The van der Waals surface area contributed by atoms with Gasteiger partial charge in [-0.15, -0.1) is 5.54 Å². The van der Waals surface area contributed by atoms with E-state index in [-0.39, 0.29) is 12.1 Å². The van der Waals surface area contributed by atoms with E-state index < -0.39 is 19.7 Å². The average Bonchev–Trinajstić information content (AvgIpc) is 3.07. The Morgan fingerprint density at radius 2 is 1.65 bits per heavy atom. The summed E-state index contributed by atoms with van der Waals surface area (Å²) in [5.41, 5.74) is 7.10. The van der Waals surface area contributed by atoms with Gasteiger partial charge in [0.1, 0.15) is 19.7 Å². The van der Waals surface area contributed by atoms with Crippen LogP contribution in [0.4, 0.5) is 8.78 Å². The summed E-state index contributed by atoms with van der Waals surface area (Å²) >= 11 is 6.53. The van der Waals surface area contributed by atoms with E-state index >= 15 is 0 Å². The monoisotopic (exact) mass is 458 g/mol. The fourth-order valence-corrected chi connectivity index (χ4v) is 10.2. The molecule has 164 valence electrons. The van der Waals surface area contributed by atoms with Gasteiger partial charge in [0, 0.05) is 22.7 Å². The van der Waals surface area contributed by atoms with Crippen LogP contribution in [-0.4, -0.2) is 17.9 Å². The molecule has 2 nitrogen and oxygen atoms in total. The normalized spacial score (nSPS) is 12.1. The molecular formula is C25H29ClF2N2Si. The van der Waals surface area contributed by atoms with E-state index in [4.69, 9.17) is 11.6 Å². The fourth-order valence-electron chi connectivity index (χ4n) is 4.74. The molecule has 0 aliphatic heterocycles. The lowest BCUT2D eigenvalue weighted by Crippen LogP contribution is -2.43. The summed E-state index contributed by atoms with van der Waals surface area (Å²) in [6.07, 6.45) is 1.76. The highest BCUT2D eigenvalue weighted by molar-refractivity contribution is 6.90. The van der Waals surface area contributed by atoms with Crippen molar-refractivity contribution in [2.75, 3.05) is 0 Å². The molecule has 0 N–H and O–H groups in total. The van der Waals surface area contributed by atoms with Gasteiger partial charge in [0.15, 0.2) is 0 Å². The number of fused-ring (bicyclic) bond motifs is 1. The predicted molar refractivity (Wildman–Crippen MR) is 128 cm³/mol. The first kappa shape index (κ1) is 23.5. The second-order valence-corrected chi connectivity index (χ2v) is 15.1. The van der Waals surface area contributed by atoms with Gasteiger partial charge >= 0.3 is 0 Å². The highest BCUT2D eigenvalue weighted by atomic mass is 35.5. The highest BCUT2D eigenvalue weighted by Crippen LogP contribution is 2.40. The second-order valence-electron chi connectivity index (χ2n) is 9.10. The molecule has 2 aromatic carbocycles. The number of nitrogens with zero attached hydrogens (tertiary/aromatic N) is 2. The van der Waals surface area contributed by atoms with Gasteiger partial charge in [-0.05, 0) is 47.0 Å². The summed E-state index contributed by atoms with van der Waals surface area (Å²) in [6, 6.07) is 7.21. The topological polar surface area (TPSA) is 17.8 Å². The first-order valence-electron chi connectivity index (χ1n) is 10.7. The molecule has 31 heavy (non-hydrogen) atoms. The SMILES string of the molecule is CC(C)[Si](C#Cc1cc(Cl)c2cn(Cc3cc(F)ccc3F)nc2c1)(C(C)C)C(C)C. The van der Waals surface area contributed by atoms with Crippen molar-refractivity contribution in [3.05, 3.63) is 64.3 Å². The summed E-state index contributed by atoms with van der Waals surface area (Å²) in [5, 5.41) is 5.86. The maximum Gasteiger partial charge on any atom is 0.146 e. The van der Waals surface area contributed by atoms with Gasteiger partial charge in [0.05, 0.1) is 17.1 Å². The van der Waals surface area contributed by atoms with E-state index in [0.29, 0.717) is 27.2 Å². The molecular weight excluding hydrogens is 430 g/mol. The van der Waals surface area contributed by atoms with Crippen molar-refractivity contribution in [2.45, 2.75) is 64.7 Å². The van der Waals surface area contributed by atoms with Crippen molar-refractivity contribution in [2.24, 2.45) is 0 Å². The lowest BCUT2D eigenvalue weighted by atomic mass is 10.2. The summed E-state index contributed by atoms with van der Waals surface area (Å²) in [6.45, 7) is 13.8. The molecule has 0 unspecified atom stereocenters. The summed E-state index contributed by atoms with van der Waals surface area (Å²) in [5.74, 6) is 2.47. The van der Waals surface area contributed by atoms with Gasteiger partial charge in [-0.3, -0.25) is 4.68 Å². The molecule has 0 fully saturated rings. The van der Waals surface area contributed by atoms with Crippen LogP contribution in [0.15, 0.2) is 36.5 Å². The minimum Gasteiger partial charge on any atom is -0.267 e. The van der Waals surface area contributed by atoms with Crippen LogP contribution >= 0.6 is 11.6 Å². The Hall–Kier alpha value is -2.16. The van der Waals surface area contributed by atoms with E-state index in [1.54, 1.807) is 10.9 Å². The molecule has 6 heteroatoms. The minimum atomic E-state index is -1.86. The molecule has 0 aliphatic carbocycles. The standard InChI is InChI=1S/C25H29ClF2N2Si/c1-16(2)31(17(3)4,18(5)6)10-9-19-11-23(26)22-15-30(29-25(22)12-19)14-20-13-21(27)7-8-24(20)28/h7-8,11-13,15-18H,14H2,1-6H3. The fraction of sp³-hybridized carbons (Fsp3) is 0.400. The molecule has 0 spiro atoms. The summed E-state index contributed by atoms with van der Waals surface area (Å²) in [4.78, 5) is 0. The van der Waals surface area contributed by atoms with Crippen LogP contribution in [0.1, 0.15) is 52.7 Å². The average molecular weight is 459 g/mol. The first-order chi connectivity index (χ1) is 14.5. The zero-order valence-electron chi connectivity index (χ0n) is 18.9. The van der Waals surface area contributed by atoms with E-state index in [0.717, 1.165) is 23.1 Å². The van der Waals surface area contributed by atoms with Crippen molar-refractivity contribution in [3.8, 4) is 11.5 Å². The Morgan fingerprint density at radius 1 is 1.00 bits per heavy atom. The van der Waals surface area contributed by atoms with Crippen LogP contribution in [0.5, 0.6) is 0 Å². The predicted octanol–water partition coefficient (Wildman–Crippen LogP) is 7.59. The molecule has 0 saturated carbocycles. The van der Waals surface area contributed by atoms with Gasteiger partial charge in [-0.25, -0.2) is 8.78 Å². The molecule has 3 aromatic rings. The second kappa shape index (κ2) is 9.14. The Bertz CT molecular complexity index is 1130. The molecule has 0 amide bonds. The third-order valence-corrected chi connectivity index (χ3v) is 12.9. The highest BCUT2D eigenvalue weighted by Gasteiger charge is 2.41. The zero-order chi connectivity index (χ0) is 22.9. The van der Waals surface area contributed by atoms with E-state index in [1.165, 1.54) is 6.07 Å². The number of benzene rings is 2. The van der Waals surface area contributed by atoms with Crippen molar-refractivity contribution in [1.29, 1.82) is 0 Å². The van der Waals surface area contributed by atoms with E-state index in [9.17, 15) is 8.78 Å². The lowest BCUT2D eigenvalue weighted by Gasteiger charge is -2.38. The lowest BCUT2D eigenvalue weighted by molar-refractivity contribution is 0.567. The Labute approximate surface area is 189 Å². The van der Waals surface area contributed by atoms with Gasteiger partial charge in [0.25, 0.3) is 0 Å². The number of halogens is 3. The van der Waals surface area contributed by atoms with Crippen LogP contribution in [0.25, 0.3) is 10.9 Å². The van der Waals surface area contributed by atoms with Gasteiger partial charge in [-0.2, -0.15) is 5.10 Å². The van der Waals surface area contributed by atoms with Gasteiger partial charge in [0.2, 0.25) is 0 Å². The molecule has 0 aliphatic rings. The third-order valence-electron chi connectivity index (χ3n) is 6.25. The smallest absolute Gasteiger partial charge is 0.146 e. The quantitative estimate of drug-likeness (QED) is 0.284. The first-order valence-corrected chi connectivity index (χ1v) is 13.3. The molecule has 0 radical (unpaired) electrons. The summed E-state index contributed by atoms with van der Waals surface area (Å²) in [7, 11) is -1.86. The van der Waals surface area contributed by atoms with Gasteiger partial charge in [-0.1, -0.05) is 59.1 Å². The third kappa shape index (κ3) is 4.71. The van der Waals surface area contributed by atoms with Gasteiger partial charge < -0.3 is 0 Å². The molecule has 1 heterocycles. The van der Waals surface area contributed by atoms with E-state index in [2.05, 4.69) is 58.1 Å². The number of hydrogen-bond acceptors (Lipinski definition) is 1. The Morgan fingerprint density at radius 3 is 2.26 bits per heavy atom. The molecule has 1 aromatic heterocycles. The zero-order valence-corrected chi connectivity index (χ0v) is 20.7. The number of aromatic nitrogens is 2. The number of rotatable bonds is 5. The van der Waals surface area contributed by atoms with Crippen molar-refractivity contribution >= 4 is 30.6 Å². The molecule has 0 saturated heterocycles. The molecule has 0 atom stereocenters. The maximum atomic E-state index is 14.0. The largest absolute Gasteiger partial charge is 0.267 e. The number of hydrogen-bond donors (Lipinski definition) is 0. The van der Waals surface area contributed by atoms with Crippen molar-refractivity contribution < 1.29 is 8.78 Å². The van der Waals surface area contributed by atoms with Crippen molar-refractivity contribution in [1.82, 2.24) is 9.78 Å². The maximum absolute atomic E-state index is 14.0. The Balaban J connectivity index is 2.00. The van der Waals surface area contributed by atoms with Crippen LogP contribution in [0.2, 0.25) is 21.6 Å². The molecule has 3 rings (SSSR count).